The SMILES string of the molecule is CCOCc1ccc(CNC(=O)/C=C/c2ccc(Oc3cccnc3)c(F)c2)cc1. The third kappa shape index (κ3) is 6.53. The average molecular weight is 406 g/mol. The molecule has 0 bridgehead atoms. The highest BCUT2D eigenvalue weighted by atomic mass is 19.1. The van der Waals surface area contributed by atoms with Gasteiger partial charge in [-0.15, -0.1) is 0 Å². The first-order chi connectivity index (χ1) is 14.6. The second-order valence-corrected chi connectivity index (χ2v) is 6.49. The molecule has 1 N–H and O–H groups in total. The smallest absolute Gasteiger partial charge is 0.244 e. The molecule has 0 aliphatic rings. The molecule has 0 saturated heterocycles. The number of nitrogens with zero attached hydrogens (tertiary/aromatic N) is 1. The van der Waals surface area contributed by atoms with Crippen LogP contribution in [0.3, 0.4) is 0 Å². The van der Waals surface area contributed by atoms with Gasteiger partial charge in [0.1, 0.15) is 5.75 Å². The molecule has 0 atom stereocenters. The summed E-state index contributed by atoms with van der Waals surface area (Å²) >= 11 is 0. The largest absolute Gasteiger partial charge is 0.453 e. The first kappa shape index (κ1) is 21.2. The quantitative estimate of drug-likeness (QED) is 0.515. The number of rotatable bonds is 9. The highest BCUT2D eigenvalue weighted by molar-refractivity contribution is 5.91. The van der Waals surface area contributed by atoms with Gasteiger partial charge in [0, 0.05) is 25.4 Å². The highest BCUT2D eigenvalue weighted by Gasteiger charge is 2.06. The molecule has 0 spiro atoms. The number of carbonyl (C=O) groups excluding carboxylic acids is 1. The Labute approximate surface area is 175 Å². The Bertz CT molecular complexity index is 989. The first-order valence-electron chi connectivity index (χ1n) is 9.63. The lowest BCUT2D eigenvalue weighted by Crippen LogP contribution is -2.20. The maximum Gasteiger partial charge on any atom is 0.244 e. The van der Waals surface area contributed by atoms with E-state index in [1.54, 1.807) is 30.5 Å². The predicted octanol–water partition coefficient (Wildman–Crippen LogP) is 4.88. The molecule has 3 aromatic rings. The molecule has 154 valence electrons. The van der Waals surface area contributed by atoms with Crippen LogP contribution < -0.4 is 10.1 Å². The molecule has 2 aromatic carbocycles. The second kappa shape index (κ2) is 10.9. The summed E-state index contributed by atoms with van der Waals surface area (Å²) in [7, 11) is 0. The van der Waals surface area contributed by atoms with Crippen molar-refractivity contribution in [2.24, 2.45) is 0 Å². The van der Waals surface area contributed by atoms with Crippen molar-refractivity contribution in [2.75, 3.05) is 6.61 Å². The van der Waals surface area contributed by atoms with Gasteiger partial charge in [0.15, 0.2) is 11.6 Å². The fourth-order valence-corrected chi connectivity index (χ4v) is 2.63. The van der Waals surface area contributed by atoms with Crippen LogP contribution in [0.2, 0.25) is 0 Å². The van der Waals surface area contributed by atoms with Crippen molar-refractivity contribution in [2.45, 2.75) is 20.1 Å². The molecule has 0 saturated carbocycles. The Morgan fingerprint density at radius 2 is 1.93 bits per heavy atom. The number of ether oxygens (including phenoxy) is 2. The third-order valence-corrected chi connectivity index (χ3v) is 4.21. The van der Waals surface area contributed by atoms with Crippen LogP contribution in [0.1, 0.15) is 23.6 Å². The Kier molecular flexibility index (Phi) is 7.69. The Morgan fingerprint density at radius 3 is 2.63 bits per heavy atom. The zero-order valence-electron chi connectivity index (χ0n) is 16.7. The van der Waals surface area contributed by atoms with E-state index in [2.05, 4.69) is 10.3 Å². The molecule has 0 aliphatic heterocycles. The number of halogens is 1. The lowest BCUT2D eigenvalue weighted by molar-refractivity contribution is -0.116. The normalized spacial score (nSPS) is 10.9. The summed E-state index contributed by atoms with van der Waals surface area (Å²) in [5.41, 5.74) is 2.63. The summed E-state index contributed by atoms with van der Waals surface area (Å²) in [6.07, 6.45) is 6.04. The van der Waals surface area contributed by atoms with Crippen molar-refractivity contribution in [3.63, 3.8) is 0 Å². The molecule has 0 radical (unpaired) electrons. The van der Waals surface area contributed by atoms with Crippen LogP contribution in [0, 0.1) is 5.82 Å². The van der Waals surface area contributed by atoms with Gasteiger partial charge in [-0.05, 0) is 54.0 Å². The number of pyridine rings is 1. The lowest BCUT2D eigenvalue weighted by atomic mass is 10.1. The topological polar surface area (TPSA) is 60.5 Å². The van der Waals surface area contributed by atoms with E-state index in [9.17, 15) is 9.18 Å². The van der Waals surface area contributed by atoms with Crippen molar-refractivity contribution in [1.82, 2.24) is 10.3 Å². The van der Waals surface area contributed by atoms with Crippen molar-refractivity contribution < 1.29 is 18.7 Å². The molecule has 5 nitrogen and oxygen atoms in total. The molecule has 1 amide bonds. The third-order valence-electron chi connectivity index (χ3n) is 4.21. The van der Waals surface area contributed by atoms with Crippen LogP contribution in [0.4, 0.5) is 4.39 Å². The van der Waals surface area contributed by atoms with E-state index in [0.29, 0.717) is 31.1 Å². The number of carbonyl (C=O) groups is 1. The molecular formula is C24H23FN2O3. The van der Waals surface area contributed by atoms with E-state index < -0.39 is 5.82 Å². The summed E-state index contributed by atoms with van der Waals surface area (Å²) in [4.78, 5) is 16.0. The van der Waals surface area contributed by atoms with Crippen LogP contribution in [0.15, 0.2) is 73.1 Å². The standard InChI is InChI=1S/C24H23FN2O3/c1-2-29-17-20-7-5-19(6-8-20)15-27-24(28)12-10-18-9-11-23(22(25)14-18)30-21-4-3-13-26-16-21/h3-14,16H,2,15,17H2,1H3,(H,27,28)/b12-10+. The molecule has 6 heteroatoms. The number of benzene rings is 2. The average Bonchev–Trinajstić information content (AvgIpc) is 2.78. The molecule has 0 fully saturated rings. The minimum atomic E-state index is -0.520. The van der Waals surface area contributed by atoms with Gasteiger partial charge < -0.3 is 14.8 Å². The van der Waals surface area contributed by atoms with Gasteiger partial charge >= 0.3 is 0 Å². The van der Waals surface area contributed by atoms with Crippen LogP contribution in [0.25, 0.3) is 6.08 Å². The van der Waals surface area contributed by atoms with E-state index in [4.69, 9.17) is 9.47 Å². The van der Waals surface area contributed by atoms with E-state index >= 15 is 0 Å². The van der Waals surface area contributed by atoms with Gasteiger partial charge in [-0.1, -0.05) is 30.3 Å². The minimum absolute atomic E-state index is 0.0948. The van der Waals surface area contributed by atoms with E-state index in [1.807, 2.05) is 31.2 Å². The van der Waals surface area contributed by atoms with Crippen LogP contribution >= 0.6 is 0 Å². The van der Waals surface area contributed by atoms with Gasteiger partial charge in [-0.25, -0.2) is 4.39 Å². The fraction of sp³-hybridized carbons (Fsp3) is 0.167. The molecule has 30 heavy (non-hydrogen) atoms. The maximum atomic E-state index is 14.3. The van der Waals surface area contributed by atoms with Gasteiger partial charge in [0.2, 0.25) is 5.91 Å². The summed E-state index contributed by atoms with van der Waals surface area (Å²) in [6, 6.07) is 15.8. The van der Waals surface area contributed by atoms with Gasteiger partial charge in [-0.2, -0.15) is 0 Å². The minimum Gasteiger partial charge on any atom is -0.453 e. The van der Waals surface area contributed by atoms with E-state index in [-0.39, 0.29) is 11.7 Å². The van der Waals surface area contributed by atoms with Crippen LogP contribution in [-0.4, -0.2) is 17.5 Å². The highest BCUT2D eigenvalue weighted by Crippen LogP contribution is 2.24. The summed E-state index contributed by atoms with van der Waals surface area (Å²) in [5, 5.41) is 2.81. The van der Waals surface area contributed by atoms with E-state index in [0.717, 1.165) is 11.1 Å². The fourth-order valence-electron chi connectivity index (χ4n) is 2.63. The zero-order chi connectivity index (χ0) is 21.2. The van der Waals surface area contributed by atoms with Gasteiger partial charge in [0.25, 0.3) is 0 Å². The van der Waals surface area contributed by atoms with Crippen molar-refractivity contribution in [3.05, 3.63) is 95.6 Å². The monoisotopic (exact) mass is 406 g/mol. The summed E-state index contributed by atoms with van der Waals surface area (Å²) in [6.45, 7) is 3.61. The number of amides is 1. The maximum absolute atomic E-state index is 14.3. The molecular weight excluding hydrogens is 383 g/mol. The Morgan fingerprint density at radius 1 is 1.13 bits per heavy atom. The van der Waals surface area contributed by atoms with Crippen molar-refractivity contribution in [3.8, 4) is 11.5 Å². The lowest BCUT2D eigenvalue weighted by Gasteiger charge is -2.07. The zero-order valence-corrected chi connectivity index (χ0v) is 16.7. The van der Waals surface area contributed by atoms with Crippen molar-refractivity contribution in [1.29, 1.82) is 0 Å². The number of hydrogen-bond acceptors (Lipinski definition) is 4. The molecule has 3 rings (SSSR count). The predicted molar refractivity (Wildman–Crippen MR) is 113 cm³/mol. The molecule has 0 aliphatic carbocycles. The number of hydrogen-bond donors (Lipinski definition) is 1. The van der Waals surface area contributed by atoms with Gasteiger partial charge in [-0.3, -0.25) is 9.78 Å². The molecule has 1 heterocycles. The van der Waals surface area contributed by atoms with E-state index in [1.165, 1.54) is 24.4 Å². The Balaban J connectivity index is 1.51. The molecule has 1 aromatic heterocycles. The first-order valence-corrected chi connectivity index (χ1v) is 9.63. The molecule has 0 unspecified atom stereocenters. The van der Waals surface area contributed by atoms with Gasteiger partial charge in [0.05, 0.1) is 12.8 Å². The summed E-state index contributed by atoms with van der Waals surface area (Å²) in [5.74, 6) is -0.236. The number of nitrogens with one attached hydrogen (secondary N) is 1. The van der Waals surface area contributed by atoms with Crippen LogP contribution in [-0.2, 0) is 22.7 Å². The Hall–Kier alpha value is -3.51. The number of aromatic nitrogens is 1. The second-order valence-electron chi connectivity index (χ2n) is 6.49. The van der Waals surface area contributed by atoms with Crippen LogP contribution in [0.5, 0.6) is 11.5 Å². The van der Waals surface area contributed by atoms with Crippen molar-refractivity contribution >= 4 is 12.0 Å². The summed E-state index contributed by atoms with van der Waals surface area (Å²) < 4.78 is 25.1.